The van der Waals surface area contributed by atoms with E-state index < -0.39 is 12.0 Å². The van der Waals surface area contributed by atoms with Crippen molar-refractivity contribution in [2.45, 2.75) is 70.3 Å². The third-order valence-corrected chi connectivity index (χ3v) is 7.71. The summed E-state index contributed by atoms with van der Waals surface area (Å²) in [6.07, 6.45) is 6.89. The number of hydrogen-bond donors (Lipinski definition) is 3. The lowest BCUT2D eigenvalue weighted by atomic mass is 9.77. The maximum Gasteiger partial charge on any atom is 0.326 e. The zero-order valence-corrected chi connectivity index (χ0v) is 21.7. The highest BCUT2D eigenvalue weighted by Crippen LogP contribution is 2.38. The van der Waals surface area contributed by atoms with E-state index in [2.05, 4.69) is 22.8 Å². The van der Waals surface area contributed by atoms with Gasteiger partial charge >= 0.3 is 12.0 Å². The molecule has 0 aromatic heterocycles. The maximum absolute atomic E-state index is 12.6. The number of carbonyl (C=O) groups excluding carboxylic acids is 2. The molecule has 2 fully saturated rings. The number of nitrogens with one attached hydrogen (secondary N) is 2. The Bertz CT molecular complexity index is 1110. The van der Waals surface area contributed by atoms with Gasteiger partial charge < -0.3 is 25.4 Å². The first-order valence-electron chi connectivity index (χ1n) is 13.2. The highest BCUT2D eigenvalue weighted by Gasteiger charge is 2.34. The molecule has 1 heterocycles. The summed E-state index contributed by atoms with van der Waals surface area (Å²) in [7, 11) is 1.57. The van der Waals surface area contributed by atoms with Crippen molar-refractivity contribution in [2.75, 3.05) is 24.3 Å². The number of methoxy groups -OCH3 is 1. The van der Waals surface area contributed by atoms with Gasteiger partial charge in [0.1, 0.15) is 11.8 Å². The van der Waals surface area contributed by atoms with Crippen LogP contribution in [-0.4, -0.2) is 47.6 Å². The number of hydrogen-bond acceptors (Lipinski definition) is 4. The Labute approximate surface area is 218 Å². The van der Waals surface area contributed by atoms with Crippen LogP contribution in [0.1, 0.15) is 68.4 Å². The molecule has 198 valence electrons. The van der Waals surface area contributed by atoms with Crippen molar-refractivity contribution in [2.24, 2.45) is 5.92 Å². The molecule has 8 heteroatoms. The van der Waals surface area contributed by atoms with Gasteiger partial charge in [0.05, 0.1) is 12.8 Å². The van der Waals surface area contributed by atoms with E-state index in [0.29, 0.717) is 42.7 Å². The van der Waals surface area contributed by atoms with Crippen LogP contribution in [0, 0.1) is 12.8 Å². The van der Waals surface area contributed by atoms with Gasteiger partial charge in [-0.05, 0) is 99.1 Å². The van der Waals surface area contributed by atoms with E-state index in [9.17, 15) is 19.5 Å². The van der Waals surface area contributed by atoms with Crippen LogP contribution < -0.4 is 15.4 Å². The number of amides is 3. The average Bonchev–Trinajstić information content (AvgIpc) is 3.39. The molecule has 1 saturated carbocycles. The minimum Gasteiger partial charge on any atom is -0.495 e. The van der Waals surface area contributed by atoms with Crippen LogP contribution in [-0.2, 0) is 9.59 Å². The third-order valence-electron chi connectivity index (χ3n) is 7.71. The second kappa shape index (κ2) is 12.1. The number of aliphatic carboxylic acids is 1. The van der Waals surface area contributed by atoms with Crippen LogP contribution in [0.3, 0.4) is 0 Å². The number of ether oxygens (including phenoxy) is 1. The second-order valence-electron chi connectivity index (χ2n) is 10.2. The topological polar surface area (TPSA) is 108 Å². The van der Waals surface area contributed by atoms with E-state index in [0.717, 1.165) is 49.8 Å². The number of carboxylic acids is 1. The predicted molar refractivity (Wildman–Crippen MR) is 143 cm³/mol. The minimum atomic E-state index is -0.889. The van der Waals surface area contributed by atoms with Crippen molar-refractivity contribution in [1.82, 2.24) is 4.90 Å². The Morgan fingerprint density at radius 2 is 1.73 bits per heavy atom. The fraction of sp³-hybridized carbons (Fsp3) is 0.483. The van der Waals surface area contributed by atoms with Crippen LogP contribution in [0.5, 0.6) is 5.75 Å². The van der Waals surface area contributed by atoms with Crippen molar-refractivity contribution in [3.05, 3.63) is 53.6 Å². The quantitative estimate of drug-likeness (QED) is 0.420. The molecule has 0 spiro atoms. The zero-order valence-electron chi connectivity index (χ0n) is 21.7. The third kappa shape index (κ3) is 6.81. The molecule has 4 rings (SSSR count). The number of nitrogens with zero attached hydrogens (tertiary/aromatic N) is 1. The number of benzene rings is 2. The molecular weight excluding hydrogens is 470 g/mol. The molecule has 0 unspecified atom stereocenters. The minimum absolute atomic E-state index is 0.0139. The molecule has 1 aliphatic heterocycles. The molecule has 2 aromatic rings. The SMILES string of the molecule is COc1ccc(C)cc1NC(=O)Nc1ccc(C2CCC(CCC(=O)N3CCC[C@@H]3C(=O)O)CC2)cc1. The molecule has 8 nitrogen and oxygen atoms in total. The summed E-state index contributed by atoms with van der Waals surface area (Å²) in [5.74, 6) is 0.687. The summed E-state index contributed by atoms with van der Waals surface area (Å²) in [5, 5.41) is 15.0. The highest BCUT2D eigenvalue weighted by molar-refractivity contribution is 6.00. The number of carboxylic acid groups (broad SMARTS) is 1. The second-order valence-corrected chi connectivity index (χ2v) is 10.2. The highest BCUT2D eigenvalue weighted by atomic mass is 16.5. The van der Waals surface area contributed by atoms with E-state index in [4.69, 9.17) is 4.74 Å². The zero-order chi connectivity index (χ0) is 26.4. The molecular formula is C29H37N3O5. The summed E-state index contributed by atoms with van der Waals surface area (Å²) in [4.78, 5) is 38.0. The summed E-state index contributed by atoms with van der Waals surface area (Å²) < 4.78 is 5.32. The Balaban J connectivity index is 1.22. The van der Waals surface area contributed by atoms with E-state index >= 15 is 0 Å². The number of rotatable bonds is 8. The van der Waals surface area contributed by atoms with Gasteiger partial charge in [-0.25, -0.2) is 9.59 Å². The lowest BCUT2D eigenvalue weighted by Crippen LogP contribution is -2.40. The van der Waals surface area contributed by atoms with Crippen molar-refractivity contribution in [3.63, 3.8) is 0 Å². The smallest absolute Gasteiger partial charge is 0.326 e. The Hall–Kier alpha value is -3.55. The van der Waals surface area contributed by atoms with Crippen LogP contribution in [0.15, 0.2) is 42.5 Å². The largest absolute Gasteiger partial charge is 0.495 e. The first kappa shape index (κ1) is 26.5. The van der Waals surface area contributed by atoms with Gasteiger partial charge in [0.2, 0.25) is 5.91 Å². The summed E-state index contributed by atoms with van der Waals surface area (Å²) in [6.45, 7) is 2.52. The Morgan fingerprint density at radius 1 is 1.00 bits per heavy atom. The first-order chi connectivity index (χ1) is 17.8. The molecule has 2 aromatic carbocycles. The molecule has 0 bridgehead atoms. The lowest BCUT2D eigenvalue weighted by Gasteiger charge is -2.29. The summed E-state index contributed by atoms with van der Waals surface area (Å²) in [5.41, 5.74) is 3.64. The summed E-state index contributed by atoms with van der Waals surface area (Å²) in [6, 6.07) is 12.7. The van der Waals surface area contributed by atoms with Gasteiger partial charge in [-0.1, -0.05) is 18.2 Å². The van der Waals surface area contributed by atoms with Crippen molar-refractivity contribution in [3.8, 4) is 5.75 Å². The van der Waals surface area contributed by atoms with Gasteiger partial charge in [0.15, 0.2) is 0 Å². The van der Waals surface area contributed by atoms with Crippen LogP contribution in [0.4, 0.5) is 16.2 Å². The van der Waals surface area contributed by atoms with Crippen molar-refractivity contribution >= 4 is 29.3 Å². The van der Waals surface area contributed by atoms with Crippen LogP contribution >= 0.6 is 0 Å². The van der Waals surface area contributed by atoms with Gasteiger partial charge in [-0.15, -0.1) is 0 Å². The lowest BCUT2D eigenvalue weighted by molar-refractivity contribution is -0.148. The van der Waals surface area contributed by atoms with E-state index in [1.165, 1.54) is 5.56 Å². The van der Waals surface area contributed by atoms with E-state index in [1.54, 1.807) is 12.0 Å². The number of aryl methyl sites for hydroxylation is 1. The molecule has 3 N–H and O–H groups in total. The van der Waals surface area contributed by atoms with Gasteiger partial charge in [-0.2, -0.15) is 0 Å². The first-order valence-corrected chi connectivity index (χ1v) is 13.2. The molecule has 1 atom stereocenters. The van der Waals surface area contributed by atoms with Crippen molar-refractivity contribution < 1.29 is 24.2 Å². The Morgan fingerprint density at radius 3 is 2.41 bits per heavy atom. The molecule has 0 radical (unpaired) electrons. The van der Waals surface area contributed by atoms with E-state index in [-0.39, 0.29) is 11.9 Å². The van der Waals surface area contributed by atoms with Gasteiger partial charge in [-0.3, -0.25) is 4.79 Å². The van der Waals surface area contributed by atoms with E-state index in [1.807, 2.05) is 37.3 Å². The fourth-order valence-corrected chi connectivity index (χ4v) is 5.62. The number of carbonyl (C=O) groups is 3. The molecule has 37 heavy (non-hydrogen) atoms. The van der Waals surface area contributed by atoms with Gasteiger partial charge in [0.25, 0.3) is 0 Å². The standard InChI is InChI=1S/C29H37N3O5/c1-19-5-15-26(37-2)24(18-19)31-29(36)30-23-13-11-22(12-14-23)21-9-6-20(7-10-21)8-16-27(33)32-17-3-4-25(32)28(34)35/h5,11-15,18,20-21,25H,3-4,6-10,16-17H2,1-2H3,(H,34,35)(H2,30,31,36)/t20?,21?,25-/m1/s1. The number of urea groups is 1. The molecule has 1 saturated heterocycles. The monoisotopic (exact) mass is 507 g/mol. The number of anilines is 2. The van der Waals surface area contributed by atoms with Crippen LogP contribution in [0.25, 0.3) is 0 Å². The Kier molecular flexibility index (Phi) is 8.69. The van der Waals surface area contributed by atoms with Crippen LogP contribution in [0.2, 0.25) is 0 Å². The molecule has 3 amide bonds. The maximum atomic E-state index is 12.6. The fourth-order valence-electron chi connectivity index (χ4n) is 5.62. The predicted octanol–water partition coefficient (Wildman–Crippen LogP) is 5.78. The number of likely N-dealkylation sites (tertiary alicyclic amines) is 1. The molecule has 2 aliphatic rings. The normalized spacial score (nSPS) is 21.4. The average molecular weight is 508 g/mol. The van der Waals surface area contributed by atoms with Gasteiger partial charge in [0, 0.05) is 18.7 Å². The van der Waals surface area contributed by atoms with Crippen molar-refractivity contribution in [1.29, 1.82) is 0 Å². The summed E-state index contributed by atoms with van der Waals surface area (Å²) >= 11 is 0. The molecule has 1 aliphatic carbocycles.